The van der Waals surface area contributed by atoms with E-state index < -0.39 is 22.0 Å². The van der Waals surface area contributed by atoms with Gasteiger partial charge in [0.25, 0.3) is 0 Å². The maximum atomic E-state index is 14.6. The monoisotopic (exact) mass is 486 g/mol. The molecule has 34 heavy (non-hydrogen) atoms. The SMILES string of the molecule is Cc1cnc2nc1NCCCCCNC(O)c1ccc(c(S(C)(=O)=O)c1)-c1cnc(F)c(c1)N2. The Balaban J connectivity index is 1.81. The number of hydrogen-bond donors (Lipinski definition) is 4. The fraction of sp³-hybridized carbons (Fsp3) is 0.348. The topological polar surface area (TPSA) is 129 Å². The smallest absolute Gasteiger partial charge is 0.236 e. The lowest BCUT2D eigenvalue weighted by molar-refractivity contribution is 0.138. The van der Waals surface area contributed by atoms with Gasteiger partial charge in [-0.1, -0.05) is 18.6 Å². The number of pyridine rings is 1. The van der Waals surface area contributed by atoms with Crippen LogP contribution >= 0.6 is 0 Å². The van der Waals surface area contributed by atoms with Crippen LogP contribution in [0.2, 0.25) is 0 Å². The van der Waals surface area contributed by atoms with Crippen LogP contribution in [-0.2, 0) is 9.84 Å². The first-order valence-corrected chi connectivity index (χ1v) is 12.9. The van der Waals surface area contributed by atoms with Crippen LogP contribution in [0.5, 0.6) is 0 Å². The minimum atomic E-state index is -3.66. The van der Waals surface area contributed by atoms with Crippen LogP contribution in [0, 0.1) is 12.9 Å². The van der Waals surface area contributed by atoms with E-state index in [2.05, 4.69) is 30.9 Å². The molecule has 4 N–H and O–H groups in total. The Morgan fingerprint density at radius 1 is 1.09 bits per heavy atom. The van der Waals surface area contributed by atoms with E-state index >= 15 is 0 Å². The summed E-state index contributed by atoms with van der Waals surface area (Å²) in [5.74, 6) is 0.0588. The number of sulfone groups is 1. The number of fused-ring (bicyclic) bond motifs is 9. The zero-order chi connectivity index (χ0) is 24.3. The van der Waals surface area contributed by atoms with E-state index in [1.165, 1.54) is 18.3 Å². The van der Waals surface area contributed by atoms with Crippen molar-refractivity contribution in [2.24, 2.45) is 0 Å². The van der Waals surface area contributed by atoms with E-state index in [0.717, 1.165) is 31.1 Å². The summed E-state index contributed by atoms with van der Waals surface area (Å²) in [6.07, 6.45) is 5.62. The molecule has 0 saturated carbocycles. The summed E-state index contributed by atoms with van der Waals surface area (Å²) in [5, 5.41) is 19.7. The summed E-state index contributed by atoms with van der Waals surface area (Å²) in [6, 6.07) is 6.14. The van der Waals surface area contributed by atoms with Gasteiger partial charge in [-0.25, -0.2) is 18.4 Å². The molecule has 11 heteroatoms. The number of nitrogens with zero attached hydrogens (tertiary/aromatic N) is 3. The van der Waals surface area contributed by atoms with Crippen molar-refractivity contribution >= 4 is 27.3 Å². The van der Waals surface area contributed by atoms with Crippen molar-refractivity contribution in [1.29, 1.82) is 0 Å². The van der Waals surface area contributed by atoms with E-state index in [1.54, 1.807) is 18.3 Å². The maximum Gasteiger partial charge on any atom is 0.236 e. The van der Waals surface area contributed by atoms with Crippen LogP contribution in [0.3, 0.4) is 0 Å². The number of nitrogens with one attached hydrogen (secondary N) is 3. The third kappa shape index (κ3) is 5.49. The van der Waals surface area contributed by atoms with E-state index in [1.807, 2.05) is 6.92 Å². The quantitative estimate of drug-likeness (QED) is 0.383. The fourth-order valence-corrected chi connectivity index (χ4v) is 4.66. The van der Waals surface area contributed by atoms with Crippen LogP contribution in [0.4, 0.5) is 21.8 Å². The van der Waals surface area contributed by atoms with Crippen LogP contribution < -0.4 is 16.0 Å². The highest BCUT2D eigenvalue weighted by atomic mass is 32.2. The molecule has 0 radical (unpaired) electrons. The van der Waals surface area contributed by atoms with Gasteiger partial charge in [-0.2, -0.15) is 9.37 Å². The van der Waals surface area contributed by atoms with Crippen molar-refractivity contribution in [3.63, 3.8) is 0 Å². The van der Waals surface area contributed by atoms with Gasteiger partial charge in [-0.3, -0.25) is 5.32 Å². The summed E-state index contributed by atoms with van der Waals surface area (Å²) in [4.78, 5) is 12.5. The molecule has 0 amide bonds. The fourth-order valence-electron chi connectivity index (χ4n) is 3.73. The van der Waals surface area contributed by atoms with Crippen molar-refractivity contribution in [3.05, 3.63) is 53.7 Å². The second kappa shape index (κ2) is 10.00. The number of rotatable bonds is 1. The summed E-state index contributed by atoms with van der Waals surface area (Å²) < 4.78 is 39.7. The van der Waals surface area contributed by atoms with E-state index in [4.69, 9.17) is 0 Å². The van der Waals surface area contributed by atoms with Gasteiger partial charge in [0.2, 0.25) is 11.9 Å². The average molecular weight is 487 g/mol. The molecule has 2 aromatic heterocycles. The Morgan fingerprint density at radius 2 is 1.88 bits per heavy atom. The summed E-state index contributed by atoms with van der Waals surface area (Å²) in [5.41, 5.74) is 2.03. The second-order valence-corrected chi connectivity index (χ2v) is 10.3. The minimum absolute atomic E-state index is 0.00967. The molecule has 9 nitrogen and oxygen atoms in total. The predicted octanol–water partition coefficient (Wildman–Crippen LogP) is 3.31. The Bertz CT molecular complexity index is 1300. The molecule has 0 aliphatic carbocycles. The lowest BCUT2D eigenvalue weighted by atomic mass is 10.0. The third-order valence-electron chi connectivity index (χ3n) is 5.57. The average Bonchev–Trinajstić information content (AvgIpc) is 2.80. The number of aryl methyl sites for hydroxylation is 1. The highest BCUT2D eigenvalue weighted by molar-refractivity contribution is 7.90. The molecule has 3 aromatic rings. The number of anilines is 3. The molecule has 2 aliphatic rings. The largest absolute Gasteiger partial charge is 0.374 e. The molecule has 1 aromatic carbocycles. The number of halogens is 1. The molecule has 0 fully saturated rings. The lowest BCUT2D eigenvalue weighted by Crippen LogP contribution is -2.22. The van der Waals surface area contributed by atoms with Gasteiger partial charge in [-0.05, 0) is 44.0 Å². The third-order valence-corrected chi connectivity index (χ3v) is 6.71. The normalized spacial score (nSPS) is 17.1. The van der Waals surface area contributed by atoms with Gasteiger partial charge in [0.1, 0.15) is 12.0 Å². The van der Waals surface area contributed by atoms with E-state index in [-0.39, 0.29) is 16.5 Å². The van der Waals surface area contributed by atoms with Gasteiger partial charge in [0.05, 0.1) is 10.6 Å². The first-order chi connectivity index (χ1) is 16.2. The van der Waals surface area contributed by atoms with Crippen molar-refractivity contribution < 1.29 is 17.9 Å². The highest BCUT2D eigenvalue weighted by Gasteiger charge is 2.20. The highest BCUT2D eigenvalue weighted by Crippen LogP contribution is 2.32. The number of aliphatic hydroxyl groups is 1. The predicted molar refractivity (Wildman–Crippen MR) is 128 cm³/mol. The Morgan fingerprint density at radius 3 is 2.68 bits per heavy atom. The number of benzene rings is 1. The van der Waals surface area contributed by atoms with Crippen molar-refractivity contribution in [2.75, 3.05) is 30.0 Å². The zero-order valence-corrected chi connectivity index (χ0v) is 19.8. The molecule has 5 rings (SSSR count). The van der Waals surface area contributed by atoms with E-state index in [9.17, 15) is 17.9 Å². The molecule has 6 bridgehead atoms. The van der Waals surface area contributed by atoms with E-state index in [0.29, 0.717) is 35.6 Å². The van der Waals surface area contributed by atoms with Crippen LogP contribution in [0.15, 0.2) is 41.6 Å². The zero-order valence-electron chi connectivity index (χ0n) is 19.0. The van der Waals surface area contributed by atoms with Gasteiger partial charge in [0.15, 0.2) is 9.84 Å². The molecule has 4 heterocycles. The van der Waals surface area contributed by atoms with Crippen molar-refractivity contribution in [3.8, 4) is 11.1 Å². The molecular weight excluding hydrogens is 459 g/mol. The molecule has 0 saturated heterocycles. The molecule has 1 atom stereocenters. The first kappa shape index (κ1) is 24.0. The molecule has 0 spiro atoms. The summed E-state index contributed by atoms with van der Waals surface area (Å²) >= 11 is 0. The number of aromatic nitrogens is 3. The molecule has 180 valence electrons. The Kier molecular flexibility index (Phi) is 7.05. The molecule has 1 unspecified atom stereocenters. The number of hydrogen-bond acceptors (Lipinski definition) is 9. The van der Waals surface area contributed by atoms with Gasteiger partial charge in [0, 0.05) is 41.9 Å². The van der Waals surface area contributed by atoms with Gasteiger partial charge < -0.3 is 15.7 Å². The van der Waals surface area contributed by atoms with Gasteiger partial charge in [-0.15, -0.1) is 0 Å². The van der Waals surface area contributed by atoms with Crippen molar-refractivity contribution in [1.82, 2.24) is 20.3 Å². The minimum Gasteiger partial charge on any atom is -0.374 e. The first-order valence-electron chi connectivity index (χ1n) is 11.0. The Hall–Kier alpha value is -3.15. The van der Waals surface area contributed by atoms with Gasteiger partial charge >= 0.3 is 0 Å². The lowest BCUT2D eigenvalue weighted by Gasteiger charge is -2.16. The number of aliphatic hydroxyl groups excluding tert-OH is 1. The van der Waals surface area contributed by atoms with Crippen LogP contribution in [-0.4, -0.2) is 47.8 Å². The standard InChI is InChI=1S/C23H27FN6O3S/c1-14-12-28-23-29-18-10-16(13-27-20(18)24)17-7-6-15(11-19(17)34(2,32)33)22(31)26-9-5-3-4-8-25-21(14)30-23/h6-7,10-13,22,26,31H,3-5,8-9H2,1-2H3,(H2,25,28,29,30). The maximum absolute atomic E-state index is 14.6. The van der Waals surface area contributed by atoms with Crippen molar-refractivity contribution in [2.45, 2.75) is 37.3 Å². The Labute approximate surface area is 197 Å². The second-order valence-electron chi connectivity index (χ2n) is 8.28. The molecular formula is C23H27FN6O3S. The summed E-state index contributed by atoms with van der Waals surface area (Å²) in [6.45, 7) is 3.15. The van der Waals surface area contributed by atoms with Crippen LogP contribution in [0.25, 0.3) is 11.1 Å². The molecule has 2 aliphatic heterocycles. The van der Waals surface area contributed by atoms with Crippen LogP contribution in [0.1, 0.15) is 36.6 Å². The summed E-state index contributed by atoms with van der Waals surface area (Å²) in [7, 11) is -3.66.